The molecule has 1 aliphatic rings. The molecule has 1 aromatic carbocycles. The topological polar surface area (TPSA) is 134 Å². The number of carbonyl (C=O) groups is 2. The Morgan fingerprint density at radius 3 is 2.86 bits per heavy atom. The molecule has 1 aromatic heterocycles. The minimum atomic E-state index is -3.82. The maximum Gasteiger partial charge on any atom is 0.317 e. The first kappa shape index (κ1) is 21.2. The Kier molecular flexibility index (Phi) is 6.50. The molecule has 0 saturated carbocycles. The predicted molar refractivity (Wildman–Crippen MR) is 110 cm³/mol. The number of nitrogens with two attached hydrogens (primary N) is 1. The lowest BCUT2D eigenvalue weighted by Gasteiger charge is -2.32. The Morgan fingerprint density at radius 2 is 2.17 bits per heavy atom. The fourth-order valence-electron chi connectivity index (χ4n) is 3.19. The average Bonchev–Trinajstić information content (AvgIpc) is 3.20. The zero-order chi connectivity index (χ0) is 21.0. The number of rotatable bonds is 5. The number of hydrogen-bond acceptors (Lipinski definition) is 6. The largest absolute Gasteiger partial charge is 0.331 e. The van der Waals surface area contributed by atoms with Crippen molar-refractivity contribution in [3.63, 3.8) is 0 Å². The number of sulfonamides is 1. The number of likely N-dealkylation sites (tertiary alicyclic amines) is 1. The van der Waals surface area contributed by atoms with E-state index in [1.807, 2.05) is 0 Å². The molecule has 3 rings (SSSR count). The molecule has 2 unspecified atom stereocenters. The standard InChI is InChI=1S/C18H23N5O4S2/c1-12(13-4-2-6-15(10-13)29(19,26)27)21-18(25)23-8-3-5-14(11-23)16(24)22-17-20-7-9-28-17/h2,4,6-7,9-10,12,14H,3,5,8,11H2,1H3,(H,21,25)(H2,19,26,27)(H,20,22,24). The number of hydrogen-bond donors (Lipinski definition) is 3. The molecular weight excluding hydrogens is 414 g/mol. The van der Waals surface area contributed by atoms with Gasteiger partial charge in [-0.15, -0.1) is 11.3 Å². The van der Waals surface area contributed by atoms with E-state index < -0.39 is 16.1 Å². The van der Waals surface area contributed by atoms with Gasteiger partial charge >= 0.3 is 6.03 Å². The van der Waals surface area contributed by atoms with Crippen molar-refractivity contribution in [2.75, 3.05) is 18.4 Å². The molecule has 1 saturated heterocycles. The molecule has 0 spiro atoms. The predicted octanol–water partition coefficient (Wildman–Crippen LogP) is 1.91. The van der Waals surface area contributed by atoms with Crippen molar-refractivity contribution in [2.24, 2.45) is 11.1 Å². The molecule has 2 atom stereocenters. The van der Waals surface area contributed by atoms with Crippen LogP contribution >= 0.6 is 11.3 Å². The van der Waals surface area contributed by atoms with Gasteiger partial charge < -0.3 is 15.5 Å². The monoisotopic (exact) mass is 437 g/mol. The molecule has 156 valence electrons. The molecule has 1 aliphatic heterocycles. The van der Waals surface area contributed by atoms with Crippen LogP contribution in [0.15, 0.2) is 40.7 Å². The van der Waals surface area contributed by atoms with E-state index in [9.17, 15) is 18.0 Å². The molecule has 0 bridgehead atoms. The number of aromatic nitrogens is 1. The Bertz CT molecular complexity index is 978. The van der Waals surface area contributed by atoms with Crippen molar-refractivity contribution in [1.29, 1.82) is 0 Å². The van der Waals surface area contributed by atoms with Crippen LogP contribution in [-0.4, -0.2) is 43.3 Å². The number of thiazole rings is 1. The molecule has 29 heavy (non-hydrogen) atoms. The second-order valence-corrected chi connectivity index (χ2v) is 9.36. The highest BCUT2D eigenvalue weighted by atomic mass is 32.2. The Balaban J connectivity index is 1.60. The molecule has 2 aromatic rings. The van der Waals surface area contributed by atoms with Gasteiger partial charge in [-0.3, -0.25) is 4.79 Å². The summed E-state index contributed by atoms with van der Waals surface area (Å²) in [6.07, 6.45) is 3.04. The maximum absolute atomic E-state index is 12.7. The highest BCUT2D eigenvalue weighted by molar-refractivity contribution is 7.89. The lowest BCUT2D eigenvalue weighted by molar-refractivity contribution is -0.121. The van der Waals surface area contributed by atoms with Gasteiger partial charge in [0.2, 0.25) is 15.9 Å². The Hall–Kier alpha value is -2.50. The summed E-state index contributed by atoms with van der Waals surface area (Å²) in [6, 6.07) is 5.43. The molecular formula is C18H23N5O4S2. The lowest BCUT2D eigenvalue weighted by Crippen LogP contribution is -2.48. The van der Waals surface area contributed by atoms with Gasteiger partial charge in [0, 0.05) is 24.7 Å². The molecule has 9 nitrogen and oxygen atoms in total. The van der Waals surface area contributed by atoms with Crippen molar-refractivity contribution in [1.82, 2.24) is 15.2 Å². The summed E-state index contributed by atoms with van der Waals surface area (Å²) in [4.78, 5) is 30.8. The summed E-state index contributed by atoms with van der Waals surface area (Å²) in [5.74, 6) is -0.453. The highest BCUT2D eigenvalue weighted by Gasteiger charge is 2.29. The number of nitrogens with one attached hydrogen (secondary N) is 2. The minimum Gasteiger partial charge on any atom is -0.331 e. The van der Waals surface area contributed by atoms with Gasteiger partial charge in [0.15, 0.2) is 5.13 Å². The summed E-state index contributed by atoms with van der Waals surface area (Å²) < 4.78 is 23.1. The van der Waals surface area contributed by atoms with Crippen molar-refractivity contribution in [3.8, 4) is 0 Å². The van der Waals surface area contributed by atoms with Crippen molar-refractivity contribution < 1.29 is 18.0 Å². The number of anilines is 1. The summed E-state index contributed by atoms with van der Waals surface area (Å²) in [5, 5.41) is 13.1. The first-order chi connectivity index (χ1) is 13.7. The zero-order valence-electron chi connectivity index (χ0n) is 15.9. The summed E-state index contributed by atoms with van der Waals surface area (Å²) in [7, 11) is -3.82. The number of urea groups is 1. The molecule has 0 aliphatic carbocycles. The van der Waals surface area contributed by atoms with Gasteiger partial charge in [-0.1, -0.05) is 12.1 Å². The first-order valence-electron chi connectivity index (χ1n) is 9.12. The number of carbonyl (C=O) groups excluding carboxylic acids is 2. The molecule has 1 fully saturated rings. The van der Waals surface area contributed by atoms with Crippen molar-refractivity contribution in [3.05, 3.63) is 41.4 Å². The Labute approximate surface area is 173 Å². The molecule has 3 amide bonds. The third-order valence-corrected chi connectivity index (χ3v) is 6.37. The molecule has 0 radical (unpaired) electrons. The summed E-state index contributed by atoms with van der Waals surface area (Å²) in [5.41, 5.74) is 0.625. The van der Waals surface area contributed by atoms with Crippen LogP contribution in [0.5, 0.6) is 0 Å². The normalized spacial score (nSPS) is 18.1. The number of benzene rings is 1. The number of nitrogens with zero attached hydrogens (tertiary/aromatic N) is 2. The smallest absolute Gasteiger partial charge is 0.317 e. The zero-order valence-corrected chi connectivity index (χ0v) is 17.5. The number of piperidine rings is 1. The lowest BCUT2D eigenvalue weighted by atomic mass is 9.97. The Morgan fingerprint density at radius 1 is 1.38 bits per heavy atom. The van der Waals surface area contributed by atoms with Gasteiger partial charge in [0.25, 0.3) is 0 Å². The third-order valence-electron chi connectivity index (χ3n) is 4.77. The molecule has 4 N–H and O–H groups in total. The second kappa shape index (κ2) is 8.89. The quantitative estimate of drug-likeness (QED) is 0.657. The van der Waals surface area contributed by atoms with Crippen molar-refractivity contribution >= 4 is 38.4 Å². The van der Waals surface area contributed by atoms with E-state index in [2.05, 4.69) is 15.6 Å². The third kappa shape index (κ3) is 5.52. The van der Waals surface area contributed by atoms with Gasteiger partial charge in [0.1, 0.15) is 0 Å². The van der Waals surface area contributed by atoms with E-state index in [-0.39, 0.29) is 22.8 Å². The van der Waals surface area contributed by atoms with Crippen LogP contribution in [-0.2, 0) is 14.8 Å². The van der Waals surface area contributed by atoms with Gasteiger partial charge in [-0.05, 0) is 37.5 Å². The van der Waals surface area contributed by atoms with Crippen LogP contribution < -0.4 is 15.8 Å². The summed E-state index contributed by atoms with van der Waals surface area (Å²) in [6.45, 7) is 2.63. The molecule has 11 heteroatoms. The van der Waals surface area contributed by atoms with E-state index in [0.29, 0.717) is 30.2 Å². The average molecular weight is 438 g/mol. The van der Waals surface area contributed by atoms with Gasteiger partial charge in [-0.25, -0.2) is 23.3 Å². The first-order valence-corrected chi connectivity index (χ1v) is 11.5. The SMILES string of the molecule is CC(NC(=O)N1CCCC(C(=O)Nc2nccs2)C1)c1cccc(S(N)(=O)=O)c1. The summed E-state index contributed by atoms with van der Waals surface area (Å²) >= 11 is 1.34. The van der Waals surface area contributed by atoms with Crippen LogP contribution in [0.2, 0.25) is 0 Å². The number of primary sulfonamides is 1. The maximum atomic E-state index is 12.7. The van der Waals surface area contributed by atoms with E-state index in [1.165, 1.54) is 23.5 Å². The van der Waals surface area contributed by atoms with E-state index in [0.717, 1.165) is 6.42 Å². The van der Waals surface area contributed by atoms with E-state index >= 15 is 0 Å². The van der Waals surface area contributed by atoms with E-state index in [4.69, 9.17) is 5.14 Å². The number of amides is 3. The van der Waals surface area contributed by atoms with Gasteiger partial charge in [-0.2, -0.15) is 0 Å². The van der Waals surface area contributed by atoms with Crippen LogP contribution in [0.3, 0.4) is 0 Å². The van der Waals surface area contributed by atoms with Crippen LogP contribution in [0.1, 0.15) is 31.4 Å². The van der Waals surface area contributed by atoms with Crippen molar-refractivity contribution in [2.45, 2.75) is 30.7 Å². The highest BCUT2D eigenvalue weighted by Crippen LogP contribution is 2.21. The molecule has 2 heterocycles. The fourth-order valence-corrected chi connectivity index (χ4v) is 4.29. The van der Waals surface area contributed by atoms with Crippen LogP contribution in [0.4, 0.5) is 9.93 Å². The second-order valence-electron chi connectivity index (χ2n) is 6.90. The van der Waals surface area contributed by atoms with Gasteiger partial charge in [0.05, 0.1) is 16.9 Å². The van der Waals surface area contributed by atoms with Crippen LogP contribution in [0.25, 0.3) is 0 Å². The minimum absolute atomic E-state index is 0.00649. The fraction of sp³-hybridized carbons (Fsp3) is 0.389. The van der Waals surface area contributed by atoms with Crippen LogP contribution in [0, 0.1) is 5.92 Å². The van der Waals surface area contributed by atoms with E-state index in [1.54, 1.807) is 35.5 Å².